The van der Waals surface area contributed by atoms with Crippen LogP contribution in [0, 0.1) is 0 Å². The van der Waals surface area contributed by atoms with E-state index in [0.29, 0.717) is 0 Å². The van der Waals surface area contributed by atoms with Gasteiger partial charge in [0, 0.05) is 21.5 Å². The highest BCUT2D eigenvalue weighted by atomic mass is 16.3. The van der Waals surface area contributed by atoms with Gasteiger partial charge >= 0.3 is 0 Å². The molecule has 0 N–H and O–H groups in total. The van der Waals surface area contributed by atoms with E-state index in [2.05, 4.69) is 118 Å². The summed E-state index contributed by atoms with van der Waals surface area (Å²) in [6.45, 7) is 0. The van der Waals surface area contributed by atoms with Crippen LogP contribution < -0.4 is 0 Å². The average molecular weight is 559 g/mol. The van der Waals surface area contributed by atoms with Crippen LogP contribution in [-0.2, 0) is 0 Å². The van der Waals surface area contributed by atoms with Crippen molar-refractivity contribution in [1.82, 2.24) is 8.80 Å². The molecule has 0 saturated heterocycles. The lowest BCUT2D eigenvalue weighted by Crippen LogP contribution is -2.09. The fraction of sp³-hybridized carbons (Fsp3) is 0. The van der Waals surface area contributed by atoms with Crippen LogP contribution in [-0.4, -0.2) is 8.80 Å². The third-order valence-corrected chi connectivity index (χ3v) is 10.4. The maximum atomic E-state index is 6.98. The summed E-state index contributed by atoms with van der Waals surface area (Å²) in [7, 11) is 0. The van der Waals surface area contributed by atoms with Crippen LogP contribution in [0.5, 0.6) is 0 Å². The molecule has 200 valence electrons. The van der Waals surface area contributed by atoms with E-state index in [0.717, 1.165) is 44.4 Å². The maximum Gasteiger partial charge on any atom is 0.154 e. The highest BCUT2D eigenvalue weighted by Gasteiger charge is 2.29. The molecule has 8 aromatic carbocycles. The number of aromatic nitrogens is 2. The molecular formula is C40H18N2O2. The molecule has 0 unspecified atom stereocenters. The minimum Gasteiger partial charge on any atom is -0.453 e. The van der Waals surface area contributed by atoms with Gasteiger partial charge in [0.05, 0.1) is 22.1 Å². The molecule has 5 heterocycles. The van der Waals surface area contributed by atoms with E-state index in [1.807, 2.05) is 0 Å². The van der Waals surface area contributed by atoms with Crippen LogP contribution in [0.2, 0.25) is 0 Å². The number of hydrogen-bond donors (Lipinski definition) is 0. The average Bonchev–Trinajstić information content (AvgIpc) is 3.06. The molecule has 4 heteroatoms. The van der Waals surface area contributed by atoms with Crippen LogP contribution in [0.3, 0.4) is 0 Å². The zero-order valence-corrected chi connectivity index (χ0v) is 23.1. The van der Waals surface area contributed by atoms with Gasteiger partial charge in [0.2, 0.25) is 0 Å². The first-order valence-corrected chi connectivity index (χ1v) is 15.1. The van der Waals surface area contributed by atoms with Gasteiger partial charge in [0.15, 0.2) is 22.3 Å². The number of pyridine rings is 2. The third-order valence-electron chi connectivity index (χ3n) is 10.4. The van der Waals surface area contributed by atoms with Crippen LogP contribution >= 0.6 is 0 Å². The van der Waals surface area contributed by atoms with Crippen molar-refractivity contribution in [3.8, 4) is 0 Å². The first kappa shape index (κ1) is 20.8. The number of nitrogens with zero attached hydrogens (tertiary/aromatic N) is 2. The van der Waals surface area contributed by atoms with E-state index < -0.39 is 0 Å². The van der Waals surface area contributed by atoms with E-state index in [4.69, 9.17) is 8.83 Å². The van der Waals surface area contributed by atoms with Crippen LogP contribution in [0.4, 0.5) is 0 Å². The Morgan fingerprint density at radius 3 is 1.20 bits per heavy atom. The SMILES string of the molecule is c1ccc2c(c1)cc1oc3cc4cccc5c6c7ccccc7cc7oc8cc9cccc%10c2c1n1c3c(c45)n(c76)c8c1c9%10. The predicted molar refractivity (Wildman–Crippen MR) is 182 cm³/mol. The lowest BCUT2D eigenvalue weighted by Gasteiger charge is -2.27. The quantitative estimate of drug-likeness (QED) is 0.137. The maximum absolute atomic E-state index is 6.98. The summed E-state index contributed by atoms with van der Waals surface area (Å²) >= 11 is 0. The predicted octanol–water partition coefficient (Wildman–Crippen LogP) is 11.2. The molecule has 0 aliphatic carbocycles. The van der Waals surface area contributed by atoms with Gasteiger partial charge in [0.25, 0.3) is 0 Å². The molecule has 0 saturated carbocycles. The monoisotopic (exact) mass is 558 g/mol. The van der Waals surface area contributed by atoms with E-state index in [1.165, 1.54) is 75.7 Å². The van der Waals surface area contributed by atoms with Crippen molar-refractivity contribution in [3.05, 3.63) is 109 Å². The standard InChI is InChI=1S/C40H18N2O2/c1-3-11-23-19(7-1)15-27-35-33(23)25-13-5-9-21-18-30-38-39(31(21)25)41(35)37-29(43-27)17-22-10-6-14-26-32(22)40(37)42(38)36-28(44-30)16-20-8-2-4-12-24(20)34(26)36/h1-18H. The van der Waals surface area contributed by atoms with Crippen molar-refractivity contribution in [1.29, 1.82) is 0 Å². The Hall–Kier alpha value is -6.00. The topological polar surface area (TPSA) is 35.1 Å². The minimum atomic E-state index is 0.888. The van der Waals surface area contributed by atoms with Crippen molar-refractivity contribution in [3.63, 3.8) is 0 Å². The van der Waals surface area contributed by atoms with Crippen LogP contribution in [0.25, 0.3) is 120 Å². The van der Waals surface area contributed by atoms with Gasteiger partial charge in [-0.05, 0) is 67.4 Å². The first-order chi connectivity index (χ1) is 21.8. The van der Waals surface area contributed by atoms with Gasteiger partial charge in [-0.3, -0.25) is 8.80 Å². The lowest BCUT2D eigenvalue weighted by molar-refractivity contribution is 0.653. The molecular weight excluding hydrogens is 540 g/mol. The number of fused-ring (bicyclic) bond motifs is 6. The second-order valence-electron chi connectivity index (χ2n) is 12.5. The van der Waals surface area contributed by atoms with Crippen molar-refractivity contribution in [2.75, 3.05) is 0 Å². The van der Waals surface area contributed by atoms with E-state index in [9.17, 15) is 0 Å². The Morgan fingerprint density at radius 1 is 0.318 bits per heavy atom. The number of benzene rings is 8. The molecule has 0 spiro atoms. The van der Waals surface area contributed by atoms with E-state index >= 15 is 0 Å². The molecule has 13 aromatic rings. The Morgan fingerprint density at radius 2 is 0.705 bits per heavy atom. The van der Waals surface area contributed by atoms with E-state index in [1.54, 1.807) is 0 Å². The number of rotatable bonds is 0. The molecule has 44 heavy (non-hydrogen) atoms. The first-order valence-electron chi connectivity index (χ1n) is 15.1. The minimum absolute atomic E-state index is 0.888. The molecule has 0 atom stereocenters. The zero-order chi connectivity index (χ0) is 28.0. The van der Waals surface area contributed by atoms with Crippen molar-refractivity contribution in [2.24, 2.45) is 0 Å². The molecule has 4 nitrogen and oxygen atoms in total. The lowest BCUT2D eigenvalue weighted by atomic mass is 9.92. The third kappa shape index (κ3) is 2.01. The second kappa shape index (κ2) is 6.48. The largest absolute Gasteiger partial charge is 0.453 e. The highest BCUT2D eigenvalue weighted by Crippen LogP contribution is 2.50. The van der Waals surface area contributed by atoms with Gasteiger partial charge in [-0.25, -0.2) is 0 Å². The van der Waals surface area contributed by atoms with Crippen LogP contribution in [0.15, 0.2) is 118 Å². The van der Waals surface area contributed by atoms with Crippen molar-refractivity contribution in [2.45, 2.75) is 0 Å². The highest BCUT2D eigenvalue weighted by molar-refractivity contribution is 6.38. The fourth-order valence-corrected chi connectivity index (χ4v) is 8.91. The van der Waals surface area contributed by atoms with Gasteiger partial charge in [-0.1, -0.05) is 84.9 Å². The summed E-state index contributed by atoms with van der Waals surface area (Å²) in [6, 6.07) is 39.7. The van der Waals surface area contributed by atoms with Gasteiger partial charge < -0.3 is 8.83 Å². The summed E-state index contributed by atoms with van der Waals surface area (Å²) < 4.78 is 19.0. The van der Waals surface area contributed by atoms with Crippen LogP contribution in [0.1, 0.15) is 0 Å². The van der Waals surface area contributed by atoms with Crippen molar-refractivity contribution < 1.29 is 8.83 Å². The molecule has 5 aromatic heterocycles. The smallest absolute Gasteiger partial charge is 0.154 e. The molecule has 0 bridgehead atoms. The van der Waals surface area contributed by atoms with Crippen molar-refractivity contribution >= 4 is 120 Å². The molecule has 0 aliphatic rings. The summed E-state index contributed by atoms with van der Waals surface area (Å²) in [5.41, 5.74) is 10.4. The molecule has 0 amide bonds. The molecule has 0 fully saturated rings. The summed E-state index contributed by atoms with van der Waals surface area (Å²) in [4.78, 5) is 0. The molecule has 0 radical (unpaired) electrons. The number of hydrogen-bond acceptors (Lipinski definition) is 2. The Balaban J connectivity index is 1.53. The van der Waals surface area contributed by atoms with Gasteiger partial charge in [-0.15, -0.1) is 0 Å². The second-order valence-corrected chi connectivity index (χ2v) is 12.5. The summed E-state index contributed by atoms with van der Waals surface area (Å²) in [5, 5.41) is 14.6. The summed E-state index contributed by atoms with van der Waals surface area (Å²) in [5.74, 6) is 0. The summed E-state index contributed by atoms with van der Waals surface area (Å²) in [6.07, 6.45) is 0. The Labute approximate surface area is 246 Å². The van der Waals surface area contributed by atoms with Gasteiger partial charge in [-0.2, -0.15) is 0 Å². The normalized spacial score (nSPS) is 13.5. The Kier molecular flexibility index (Phi) is 3.07. The van der Waals surface area contributed by atoms with E-state index in [-0.39, 0.29) is 0 Å². The molecule has 13 rings (SSSR count). The zero-order valence-electron chi connectivity index (χ0n) is 23.1. The van der Waals surface area contributed by atoms with Gasteiger partial charge in [0.1, 0.15) is 11.0 Å². The molecule has 0 aliphatic heterocycles. The fourth-order valence-electron chi connectivity index (χ4n) is 8.91. The Bertz CT molecular complexity index is 3150.